The van der Waals surface area contributed by atoms with Crippen LogP contribution in [0.1, 0.15) is 30.9 Å². The Morgan fingerprint density at radius 2 is 1.73 bits per heavy atom. The second-order valence-corrected chi connectivity index (χ2v) is 6.44. The van der Waals surface area contributed by atoms with Crippen molar-refractivity contribution >= 4 is 30.5 Å². The number of nitro benzene ring substituents is 1. The van der Waals surface area contributed by atoms with Gasteiger partial charge in [0.05, 0.1) is 30.8 Å². The molecule has 0 bridgehead atoms. The Bertz CT molecular complexity index is 608. The normalized spacial score (nSPS) is 18.7. The Morgan fingerprint density at radius 1 is 1.15 bits per heavy atom. The molecule has 1 aromatic rings. The summed E-state index contributed by atoms with van der Waals surface area (Å²) in [7, 11) is 3.07. The van der Waals surface area contributed by atoms with Crippen molar-refractivity contribution in [2.45, 2.75) is 25.3 Å². The predicted octanol–water partition coefficient (Wildman–Crippen LogP) is 3.20. The molecule has 0 spiro atoms. The second-order valence-electron chi connectivity index (χ2n) is 6.44. The lowest BCUT2D eigenvalue weighted by molar-refractivity contribution is -0.386. The van der Waals surface area contributed by atoms with Crippen LogP contribution < -0.4 is 14.8 Å². The van der Waals surface area contributed by atoms with Crippen LogP contribution >= 0.6 is 24.8 Å². The van der Waals surface area contributed by atoms with Gasteiger partial charge in [0, 0.05) is 32.2 Å². The van der Waals surface area contributed by atoms with E-state index in [1.54, 1.807) is 7.11 Å². The minimum absolute atomic E-state index is 0. The summed E-state index contributed by atoms with van der Waals surface area (Å²) < 4.78 is 10.7. The fourth-order valence-corrected chi connectivity index (χ4v) is 3.74. The van der Waals surface area contributed by atoms with Crippen LogP contribution in [0.25, 0.3) is 0 Å². The third-order valence-electron chi connectivity index (χ3n) is 5.19. The first-order valence-electron chi connectivity index (χ1n) is 8.50. The Kier molecular flexibility index (Phi) is 8.89. The maximum atomic E-state index is 11.7. The summed E-state index contributed by atoms with van der Waals surface area (Å²) in [5.41, 5.74) is 0.882. The van der Waals surface area contributed by atoms with E-state index < -0.39 is 0 Å². The number of halogens is 2. The monoisotopic (exact) mass is 407 g/mol. The van der Waals surface area contributed by atoms with E-state index in [4.69, 9.17) is 9.47 Å². The minimum atomic E-state index is -0.300. The summed E-state index contributed by atoms with van der Waals surface area (Å²) in [5, 5.41) is 15.0. The Labute approximate surface area is 166 Å². The van der Waals surface area contributed by atoms with Gasteiger partial charge in [0.2, 0.25) is 0 Å². The number of hydrogen-bond donors (Lipinski definition) is 1. The van der Waals surface area contributed by atoms with Crippen LogP contribution in [-0.4, -0.2) is 50.2 Å². The molecule has 1 saturated carbocycles. The van der Waals surface area contributed by atoms with Crippen molar-refractivity contribution in [3.8, 4) is 11.5 Å². The number of nitro groups is 1. The first-order valence-corrected chi connectivity index (χ1v) is 8.50. The minimum Gasteiger partial charge on any atom is -0.493 e. The van der Waals surface area contributed by atoms with Gasteiger partial charge in [0.25, 0.3) is 5.69 Å². The zero-order valence-electron chi connectivity index (χ0n) is 15.1. The highest BCUT2D eigenvalue weighted by Gasteiger charge is 2.38. The van der Waals surface area contributed by atoms with Crippen molar-refractivity contribution in [2.75, 3.05) is 40.4 Å². The van der Waals surface area contributed by atoms with Gasteiger partial charge in [-0.05, 0) is 24.8 Å². The van der Waals surface area contributed by atoms with E-state index in [9.17, 15) is 10.1 Å². The molecule has 3 rings (SSSR count). The van der Waals surface area contributed by atoms with Crippen LogP contribution in [-0.2, 0) is 0 Å². The summed E-state index contributed by atoms with van der Waals surface area (Å²) in [6.45, 7) is 3.66. The third-order valence-corrected chi connectivity index (χ3v) is 5.19. The van der Waals surface area contributed by atoms with Crippen molar-refractivity contribution in [2.24, 2.45) is 5.92 Å². The van der Waals surface area contributed by atoms with Crippen LogP contribution in [0.5, 0.6) is 11.5 Å². The van der Waals surface area contributed by atoms with Crippen molar-refractivity contribution in [3.63, 3.8) is 0 Å². The highest BCUT2D eigenvalue weighted by atomic mass is 35.5. The molecular weight excluding hydrogens is 381 g/mol. The smallest absolute Gasteiger partial charge is 0.278 e. The molecule has 1 aliphatic heterocycles. The molecule has 26 heavy (non-hydrogen) atoms. The van der Waals surface area contributed by atoms with Crippen molar-refractivity contribution in [1.82, 2.24) is 10.2 Å². The average molecular weight is 408 g/mol. The second kappa shape index (κ2) is 10.2. The van der Waals surface area contributed by atoms with E-state index in [0.29, 0.717) is 17.4 Å². The summed E-state index contributed by atoms with van der Waals surface area (Å²) in [4.78, 5) is 13.8. The molecule has 0 unspecified atom stereocenters. The molecule has 9 heteroatoms. The summed E-state index contributed by atoms with van der Waals surface area (Å²) >= 11 is 0. The summed E-state index contributed by atoms with van der Waals surface area (Å²) in [6.07, 6.45) is 3.45. The first kappa shape index (κ1) is 22.8. The van der Waals surface area contributed by atoms with E-state index in [2.05, 4.69) is 10.2 Å². The number of ether oxygens (including phenoxy) is 2. The Balaban J connectivity index is 0.00000169. The lowest BCUT2D eigenvalue weighted by atomic mass is 9.75. The molecule has 1 saturated heterocycles. The van der Waals surface area contributed by atoms with Gasteiger partial charge in [0.15, 0.2) is 11.5 Å². The maximum absolute atomic E-state index is 11.7. The zero-order chi connectivity index (χ0) is 17.1. The molecule has 1 aliphatic carbocycles. The van der Waals surface area contributed by atoms with Gasteiger partial charge in [-0.25, -0.2) is 0 Å². The van der Waals surface area contributed by atoms with E-state index in [1.165, 1.54) is 19.6 Å². The lowest BCUT2D eigenvalue weighted by Crippen LogP contribution is -2.48. The lowest BCUT2D eigenvalue weighted by Gasteiger charge is -2.43. The van der Waals surface area contributed by atoms with Crippen LogP contribution in [0.2, 0.25) is 0 Å². The molecule has 1 atom stereocenters. The number of methoxy groups -OCH3 is 2. The molecule has 1 aromatic carbocycles. The van der Waals surface area contributed by atoms with E-state index >= 15 is 0 Å². The first-order chi connectivity index (χ1) is 11.7. The highest BCUT2D eigenvalue weighted by Crippen LogP contribution is 2.47. The number of nitrogens with zero attached hydrogens (tertiary/aromatic N) is 2. The van der Waals surface area contributed by atoms with Gasteiger partial charge < -0.3 is 14.8 Å². The molecule has 1 N–H and O–H groups in total. The zero-order valence-corrected chi connectivity index (χ0v) is 16.7. The summed E-state index contributed by atoms with van der Waals surface area (Å²) in [6, 6.07) is 3.38. The predicted molar refractivity (Wildman–Crippen MR) is 105 cm³/mol. The fraction of sp³-hybridized carbons (Fsp3) is 0.647. The number of nitrogens with one attached hydrogen (secondary N) is 1. The van der Waals surface area contributed by atoms with E-state index in [0.717, 1.165) is 44.6 Å². The molecule has 7 nitrogen and oxygen atoms in total. The summed E-state index contributed by atoms with van der Waals surface area (Å²) in [5.74, 6) is 1.43. The molecule has 2 aliphatic rings. The molecule has 2 fully saturated rings. The molecule has 0 amide bonds. The average Bonchev–Trinajstić information content (AvgIpc) is 2.57. The van der Waals surface area contributed by atoms with Gasteiger partial charge in [-0.1, -0.05) is 6.42 Å². The number of rotatable bonds is 6. The topological polar surface area (TPSA) is 76.9 Å². The van der Waals surface area contributed by atoms with Crippen molar-refractivity contribution in [3.05, 3.63) is 27.8 Å². The molecule has 0 radical (unpaired) electrons. The number of hydrogen-bond acceptors (Lipinski definition) is 6. The van der Waals surface area contributed by atoms with Crippen molar-refractivity contribution < 1.29 is 14.4 Å². The fourth-order valence-electron chi connectivity index (χ4n) is 3.74. The Morgan fingerprint density at radius 3 is 2.19 bits per heavy atom. The number of benzene rings is 1. The number of piperazine rings is 1. The van der Waals surface area contributed by atoms with E-state index in [1.807, 2.05) is 6.07 Å². The van der Waals surface area contributed by atoms with Gasteiger partial charge in [-0.15, -0.1) is 24.8 Å². The molecule has 0 aromatic heterocycles. The molecular formula is C17H27Cl2N3O4. The quantitative estimate of drug-likeness (QED) is 0.576. The van der Waals surface area contributed by atoms with Gasteiger partial charge in [-0.2, -0.15) is 0 Å². The van der Waals surface area contributed by atoms with Crippen LogP contribution in [0.15, 0.2) is 12.1 Å². The van der Waals surface area contributed by atoms with Gasteiger partial charge in [0.1, 0.15) is 0 Å². The maximum Gasteiger partial charge on any atom is 0.278 e. The highest BCUT2D eigenvalue weighted by molar-refractivity contribution is 5.85. The van der Waals surface area contributed by atoms with Gasteiger partial charge >= 0.3 is 0 Å². The molecule has 1 heterocycles. The van der Waals surface area contributed by atoms with Crippen LogP contribution in [0.3, 0.4) is 0 Å². The largest absolute Gasteiger partial charge is 0.493 e. The standard InChI is InChI=1S/C17H25N3O4.2ClH/c1-23-15-10-13(14(20(21)22)11-16(15)24-2)17(12-4-3-5-12)19-8-6-18-7-9-19;;/h10-12,17-18H,3-9H2,1-2H3;2*1H/t17-;;/m0../s1. The van der Waals surface area contributed by atoms with E-state index in [-0.39, 0.29) is 41.5 Å². The van der Waals surface area contributed by atoms with Crippen molar-refractivity contribution in [1.29, 1.82) is 0 Å². The third kappa shape index (κ3) is 4.52. The molecule has 148 valence electrons. The van der Waals surface area contributed by atoms with Crippen LogP contribution in [0.4, 0.5) is 5.69 Å². The van der Waals surface area contributed by atoms with Gasteiger partial charge in [-0.3, -0.25) is 15.0 Å². The Hall–Kier alpha value is -1.28. The SMILES string of the molecule is COc1cc([C@H](C2CCC2)N2CCNCC2)c([N+](=O)[O-])cc1OC.Cl.Cl. The van der Waals surface area contributed by atoms with Crippen LogP contribution in [0, 0.1) is 16.0 Å².